The molecule has 0 radical (unpaired) electrons. The van der Waals surface area contributed by atoms with E-state index in [1.54, 1.807) is 30.5 Å². The molecule has 4 aromatic rings. The van der Waals surface area contributed by atoms with E-state index in [1.165, 1.54) is 18.3 Å². The summed E-state index contributed by atoms with van der Waals surface area (Å²) in [6.45, 7) is 0.0950. The summed E-state index contributed by atoms with van der Waals surface area (Å²) in [7, 11) is 1.50. The van der Waals surface area contributed by atoms with E-state index < -0.39 is 30.9 Å². The molecular formula is C27H30F2N6O3. The molecule has 2 N–H and O–H groups in total. The summed E-state index contributed by atoms with van der Waals surface area (Å²) in [5.41, 5.74) is 1.75. The number of halogens is 2. The highest BCUT2D eigenvalue weighted by atomic mass is 19.3. The molecule has 0 bridgehead atoms. The van der Waals surface area contributed by atoms with Crippen LogP contribution in [0, 0.1) is 0 Å². The number of rotatable bonds is 14. The highest BCUT2D eigenvalue weighted by molar-refractivity contribution is 5.90. The maximum absolute atomic E-state index is 15.0. The first-order valence-electron chi connectivity index (χ1n) is 12.3. The molecule has 9 nitrogen and oxygen atoms in total. The lowest BCUT2D eigenvalue weighted by molar-refractivity contribution is -0.138. The number of methoxy groups -OCH3 is 1. The van der Waals surface area contributed by atoms with Gasteiger partial charge in [0.15, 0.2) is 5.65 Å². The van der Waals surface area contributed by atoms with E-state index in [-0.39, 0.29) is 32.5 Å². The number of hydrogen-bond donors (Lipinski definition) is 2. The number of benzene rings is 1. The minimum Gasteiger partial charge on any atom is -0.480 e. The SMILES string of the molecule is COCCN(CC[C@H](Nc1ncnc2ccccc12)C(=O)O)CC(F)(F)CCc1ccc2cccnc2n1. The van der Waals surface area contributed by atoms with E-state index in [2.05, 4.69) is 25.3 Å². The van der Waals surface area contributed by atoms with E-state index in [9.17, 15) is 9.90 Å². The number of pyridine rings is 2. The molecule has 0 aliphatic carbocycles. The van der Waals surface area contributed by atoms with Crippen LogP contribution >= 0.6 is 0 Å². The quantitative estimate of drug-likeness (QED) is 0.252. The topological polar surface area (TPSA) is 113 Å². The zero-order valence-electron chi connectivity index (χ0n) is 21.1. The fourth-order valence-corrected chi connectivity index (χ4v) is 4.19. The van der Waals surface area contributed by atoms with Crippen LogP contribution in [0.1, 0.15) is 18.5 Å². The zero-order valence-corrected chi connectivity index (χ0v) is 21.1. The molecule has 0 spiro atoms. The van der Waals surface area contributed by atoms with Crippen LogP contribution in [0.15, 0.2) is 61.1 Å². The van der Waals surface area contributed by atoms with Gasteiger partial charge in [-0.1, -0.05) is 12.1 Å². The molecule has 3 aromatic heterocycles. The molecule has 1 aromatic carbocycles. The molecule has 0 amide bonds. The summed E-state index contributed by atoms with van der Waals surface area (Å²) in [6.07, 6.45) is 2.77. The number of carboxylic acid groups (broad SMARTS) is 1. The minimum absolute atomic E-state index is 0.0886. The van der Waals surface area contributed by atoms with Gasteiger partial charge >= 0.3 is 5.97 Å². The number of aromatic nitrogens is 4. The molecule has 0 fully saturated rings. The Morgan fingerprint density at radius 2 is 1.95 bits per heavy atom. The number of ether oxygens (including phenoxy) is 1. The number of alkyl halides is 2. The maximum Gasteiger partial charge on any atom is 0.326 e. The van der Waals surface area contributed by atoms with E-state index >= 15 is 8.78 Å². The van der Waals surface area contributed by atoms with E-state index in [0.29, 0.717) is 28.1 Å². The second kappa shape index (κ2) is 12.6. The van der Waals surface area contributed by atoms with Crippen molar-refractivity contribution in [1.29, 1.82) is 0 Å². The second-order valence-corrected chi connectivity index (χ2v) is 9.04. The summed E-state index contributed by atoms with van der Waals surface area (Å²) in [4.78, 5) is 30.5. The van der Waals surface area contributed by atoms with Crippen molar-refractivity contribution in [2.45, 2.75) is 31.2 Å². The number of aryl methyl sites for hydroxylation is 1. The maximum atomic E-state index is 15.0. The number of carbonyl (C=O) groups is 1. The van der Waals surface area contributed by atoms with Gasteiger partial charge in [-0.2, -0.15) is 0 Å². The number of anilines is 1. The van der Waals surface area contributed by atoms with Crippen molar-refractivity contribution in [3.8, 4) is 0 Å². The molecular weight excluding hydrogens is 494 g/mol. The van der Waals surface area contributed by atoms with Crippen LogP contribution < -0.4 is 5.32 Å². The Hall–Kier alpha value is -3.83. The Morgan fingerprint density at radius 1 is 1.11 bits per heavy atom. The van der Waals surface area contributed by atoms with Crippen molar-refractivity contribution in [3.05, 3.63) is 66.7 Å². The number of hydrogen-bond acceptors (Lipinski definition) is 8. The van der Waals surface area contributed by atoms with E-state index in [1.807, 2.05) is 24.3 Å². The van der Waals surface area contributed by atoms with Crippen molar-refractivity contribution >= 4 is 33.7 Å². The van der Waals surface area contributed by atoms with Gasteiger partial charge in [-0.25, -0.2) is 33.5 Å². The van der Waals surface area contributed by atoms with Crippen LogP contribution in [0.2, 0.25) is 0 Å². The first-order valence-corrected chi connectivity index (χ1v) is 12.3. The van der Waals surface area contributed by atoms with E-state index in [0.717, 1.165) is 5.39 Å². The Labute approximate surface area is 218 Å². The largest absolute Gasteiger partial charge is 0.480 e. The van der Waals surface area contributed by atoms with Gasteiger partial charge < -0.3 is 15.2 Å². The van der Waals surface area contributed by atoms with Crippen LogP contribution in [-0.2, 0) is 16.0 Å². The van der Waals surface area contributed by atoms with Gasteiger partial charge in [0.05, 0.1) is 18.7 Å². The van der Waals surface area contributed by atoms with Gasteiger partial charge in [-0.3, -0.25) is 4.90 Å². The normalized spacial score (nSPS) is 12.7. The van der Waals surface area contributed by atoms with E-state index in [4.69, 9.17) is 4.74 Å². The van der Waals surface area contributed by atoms with Crippen LogP contribution in [0.25, 0.3) is 21.9 Å². The molecule has 0 aliphatic heterocycles. The lowest BCUT2D eigenvalue weighted by Gasteiger charge is -2.28. The summed E-state index contributed by atoms with van der Waals surface area (Å²) < 4.78 is 35.2. The highest BCUT2D eigenvalue weighted by Crippen LogP contribution is 2.24. The molecule has 11 heteroatoms. The summed E-state index contributed by atoms with van der Waals surface area (Å²) in [6, 6.07) is 13.4. The van der Waals surface area contributed by atoms with Crippen molar-refractivity contribution < 1.29 is 23.4 Å². The first-order chi connectivity index (χ1) is 18.3. The smallest absolute Gasteiger partial charge is 0.326 e. The number of para-hydroxylation sites is 1. The van der Waals surface area contributed by atoms with Gasteiger partial charge in [-0.15, -0.1) is 0 Å². The number of aliphatic carboxylic acids is 1. The second-order valence-electron chi connectivity index (χ2n) is 9.04. The third-order valence-corrected chi connectivity index (χ3v) is 6.22. The van der Waals surface area contributed by atoms with Crippen molar-refractivity contribution in [2.75, 3.05) is 38.7 Å². The molecule has 200 valence electrons. The van der Waals surface area contributed by atoms with Crippen LogP contribution in [0.3, 0.4) is 0 Å². The molecule has 38 heavy (non-hydrogen) atoms. The monoisotopic (exact) mass is 524 g/mol. The van der Waals surface area contributed by atoms with Gasteiger partial charge in [0, 0.05) is 49.3 Å². The Balaban J connectivity index is 1.38. The average Bonchev–Trinajstić information content (AvgIpc) is 2.92. The van der Waals surface area contributed by atoms with Gasteiger partial charge in [0.1, 0.15) is 18.2 Å². The van der Waals surface area contributed by atoms with Crippen molar-refractivity contribution in [2.24, 2.45) is 0 Å². The first kappa shape index (κ1) is 27.2. The van der Waals surface area contributed by atoms with Crippen LogP contribution in [-0.4, -0.2) is 81.2 Å². The molecule has 1 atom stereocenters. The summed E-state index contributed by atoms with van der Waals surface area (Å²) in [5.74, 6) is -3.72. The molecule has 0 unspecified atom stereocenters. The lowest BCUT2D eigenvalue weighted by Crippen LogP contribution is -2.42. The number of nitrogens with zero attached hydrogens (tertiary/aromatic N) is 5. The molecule has 0 saturated heterocycles. The van der Waals surface area contributed by atoms with Crippen molar-refractivity contribution in [3.63, 3.8) is 0 Å². The van der Waals surface area contributed by atoms with Crippen molar-refractivity contribution in [1.82, 2.24) is 24.8 Å². The van der Waals surface area contributed by atoms with Crippen LogP contribution in [0.4, 0.5) is 14.6 Å². The fourth-order valence-electron chi connectivity index (χ4n) is 4.19. The molecule has 4 rings (SSSR count). The summed E-state index contributed by atoms with van der Waals surface area (Å²) >= 11 is 0. The third kappa shape index (κ3) is 7.36. The van der Waals surface area contributed by atoms with Crippen LogP contribution in [0.5, 0.6) is 0 Å². The highest BCUT2D eigenvalue weighted by Gasteiger charge is 2.32. The standard InChI is InChI=1S/C27H30F2N6O3/c1-38-16-15-35(17-27(28,29)12-10-20-9-8-19-5-4-13-30-24(19)33-20)14-11-23(26(36)37)34-25-21-6-2-3-7-22(21)31-18-32-25/h2-9,13,18,23H,10-12,14-17H2,1H3,(H,36,37)(H,31,32,34)/t23-/m0/s1. The summed E-state index contributed by atoms with van der Waals surface area (Å²) in [5, 5.41) is 14.3. The Bertz CT molecular complexity index is 1370. The zero-order chi connectivity index (χ0) is 27.0. The number of carboxylic acids is 1. The van der Waals surface area contributed by atoms with Gasteiger partial charge in [-0.05, 0) is 49.2 Å². The Morgan fingerprint density at radius 3 is 2.76 bits per heavy atom. The Kier molecular flexibility index (Phi) is 9.03. The predicted molar refractivity (Wildman–Crippen MR) is 140 cm³/mol. The third-order valence-electron chi connectivity index (χ3n) is 6.22. The minimum atomic E-state index is -3.01. The van der Waals surface area contributed by atoms with Gasteiger partial charge in [0.2, 0.25) is 0 Å². The molecule has 3 heterocycles. The molecule has 0 saturated carbocycles. The molecule has 0 aliphatic rings. The fraction of sp³-hybridized carbons (Fsp3) is 0.370. The lowest BCUT2D eigenvalue weighted by atomic mass is 10.1. The average molecular weight is 525 g/mol. The number of nitrogens with one attached hydrogen (secondary N) is 1. The number of fused-ring (bicyclic) bond motifs is 2. The van der Waals surface area contributed by atoms with Gasteiger partial charge in [0.25, 0.3) is 5.92 Å². The predicted octanol–water partition coefficient (Wildman–Crippen LogP) is 4.04.